The van der Waals surface area contributed by atoms with E-state index in [1.807, 2.05) is 0 Å². The summed E-state index contributed by atoms with van der Waals surface area (Å²) < 4.78 is 33.5. The lowest BCUT2D eigenvalue weighted by Crippen LogP contribution is -2.29. The minimum absolute atomic E-state index is 0.0442. The maximum absolute atomic E-state index is 12.7. The molecule has 0 fully saturated rings. The Morgan fingerprint density at radius 3 is 1.45 bits per heavy atom. The van der Waals surface area contributed by atoms with E-state index in [0.29, 0.717) is 6.61 Å². The van der Waals surface area contributed by atoms with E-state index in [-0.39, 0.29) is 19.6 Å². The fourth-order valence-electron chi connectivity index (χ4n) is 6.78. The van der Waals surface area contributed by atoms with Crippen molar-refractivity contribution in [2.24, 2.45) is 0 Å². The molecule has 0 aliphatic heterocycles. The average Bonchev–Trinajstić information content (AvgIpc) is 3.24. The third-order valence-corrected chi connectivity index (χ3v) is 11.4. The third-order valence-electron chi connectivity index (χ3n) is 10.5. The summed E-state index contributed by atoms with van der Waals surface area (Å²) in [5.74, 6) is -0.392. The molecule has 0 rings (SSSR count). The molecule has 0 aromatic rings. The van der Waals surface area contributed by atoms with E-state index in [0.717, 1.165) is 70.6 Å². The van der Waals surface area contributed by atoms with Crippen molar-refractivity contribution in [3.63, 3.8) is 0 Å². The van der Waals surface area contributed by atoms with Crippen LogP contribution in [0.15, 0.2) is 48.6 Å². The number of esters is 1. The highest BCUT2D eigenvalue weighted by atomic mass is 31.2. The van der Waals surface area contributed by atoms with Gasteiger partial charge in [0, 0.05) is 13.0 Å². The lowest BCUT2D eigenvalue weighted by atomic mass is 10.1. The summed E-state index contributed by atoms with van der Waals surface area (Å²) in [6, 6.07) is 0. The van der Waals surface area contributed by atoms with Crippen molar-refractivity contribution < 1.29 is 43.0 Å². The van der Waals surface area contributed by atoms with E-state index in [1.165, 1.54) is 128 Å². The third kappa shape index (κ3) is 45.9. The van der Waals surface area contributed by atoms with E-state index in [2.05, 4.69) is 62.5 Å². The first-order chi connectivity index (χ1) is 29.3. The second kappa shape index (κ2) is 46.9. The van der Waals surface area contributed by atoms with E-state index < -0.39 is 39.2 Å². The van der Waals surface area contributed by atoms with Gasteiger partial charge in [-0.1, -0.05) is 191 Å². The first-order valence-corrected chi connectivity index (χ1v) is 26.1. The number of phosphoric acid groups is 1. The number of hydrogen-bond donors (Lipinski definition) is 3. The molecule has 0 heterocycles. The fraction of sp³-hybridized carbons (Fsp3) is 0.820. The van der Waals surface area contributed by atoms with Gasteiger partial charge in [0.1, 0.15) is 12.2 Å². The molecule has 0 saturated carbocycles. The van der Waals surface area contributed by atoms with E-state index >= 15 is 0 Å². The molecule has 0 spiro atoms. The summed E-state index contributed by atoms with van der Waals surface area (Å²) in [4.78, 5) is 22.7. The molecular formula is C50H93O9P. The number of carbonyl (C=O) groups excluding carboxylic acids is 1. The zero-order valence-corrected chi connectivity index (χ0v) is 39.6. The molecule has 352 valence electrons. The summed E-state index contributed by atoms with van der Waals surface area (Å²) in [7, 11) is -4.53. The fourth-order valence-corrected chi connectivity index (χ4v) is 7.57. The van der Waals surface area contributed by atoms with Crippen LogP contribution in [0.4, 0.5) is 0 Å². The monoisotopic (exact) mass is 869 g/mol. The average molecular weight is 869 g/mol. The Kier molecular flexibility index (Phi) is 45.7. The van der Waals surface area contributed by atoms with E-state index in [4.69, 9.17) is 23.6 Å². The highest BCUT2D eigenvalue weighted by Crippen LogP contribution is 2.43. The van der Waals surface area contributed by atoms with Gasteiger partial charge in [0.25, 0.3) is 0 Å². The molecule has 0 aromatic heterocycles. The quantitative estimate of drug-likeness (QED) is 0.0237. The number of aliphatic hydroxyl groups excluding tert-OH is 2. The molecule has 10 heteroatoms. The van der Waals surface area contributed by atoms with Crippen LogP contribution in [-0.2, 0) is 27.9 Å². The van der Waals surface area contributed by atoms with Crippen molar-refractivity contribution in [2.45, 2.75) is 232 Å². The van der Waals surface area contributed by atoms with Crippen LogP contribution in [0.3, 0.4) is 0 Å². The highest BCUT2D eigenvalue weighted by Gasteiger charge is 2.26. The van der Waals surface area contributed by atoms with Gasteiger partial charge >= 0.3 is 13.8 Å². The predicted molar refractivity (Wildman–Crippen MR) is 251 cm³/mol. The smallest absolute Gasteiger partial charge is 0.457 e. The Hall–Kier alpha value is -1.58. The Balaban J connectivity index is 4.09. The standard InChI is InChI=1S/C50H93O9P/c1-3-5-7-9-11-13-15-17-19-21-22-23-24-25-27-29-31-33-35-37-39-41-43-56-46-49(47-58-60(54,55)57-45-48(52)44-51)59-50(53)42-40-38-36-34-32-30-28-26-20-18-16-14-12-10-8-6-4-2/h6,8,12,14,18,20-22,48-49,51-52H,3-5,7,9-11,13,15-17,19,23-47H2,1-2H3,(H,54,55)/b8-6-,14-12-,20-18-,22-21-. The molecule has 60 heavy (non-hydrogen) atoms. The van der Waals surface area contributed by atoms with Crippen molar-refractivity contribution >= 4 is 13.8 Å². The van der Waals surface area contributed by atoms with Crippen LogP contribution in [0.25, 0.3) is 0 Å². The lowest BCUT2D eigenvalue weighted by Gasteiger charge is -2.20. The molecule has 0 amide bonds. The molecular weight excluding hydrogens is 776 g/mol. The number of rotatable bonds is 47. The molecule has 0 aliphatic rings. The zero-order chi connectivity index (χ0) is 43.9. The van der Waals surface area contributed by atoms with Gasteiger partial charge in [-0.15, -0.1) is 0 Å². The number of allylic oxidation sites excluding steroid dienone is 8. The molecule has 0 bridgehead atoms. The summed E-state index contributed by atoms with van der Waals surface area (Å²) in [6.07, 6.45) is 53.6. The molecule has 9 nitrogen and oxygen atoms in total. The Morgan fingerprint density at radius 1 is 0.533 bits per heavy atom. The number of hydrogen-bond acceptors (Lipinski definition) is 8. The van der Waals surface area contributed by atoms with Crippen molar-refractivity contribution in [3.8, 4) is 0 Å². The summed E-state index contributed by atoms with van der Waals surface area (Å²) in [5, 5.41) is 18.4. The van der Waals surface area contributed by atoms with Crippen LogP contribution in [0.1, 0.15) is 219 Å². The van der Waals surface area contributed by atoms with Crippen molar-refractivity contribution in [1.29, 1.82) is 0 Å². The number of aliphatic hydroxyl groups is 2. The summed E-state index contributed by atoms with van der Waals surface area (Å²) >= 11 is 0. The van der Waals surface area contributed by atoms with Gasteiger partial charge in [0.05, 0.1) is 26.4 Å². The van der Waals surface area contributed by atoms with Crippen LogP contribution < -0.4 is 0 Å². The van der Waals surface area contributed by atoms with Gasteiger partial charge in [0.2, 0.25) is 0 Å². The van der Waals surface area contributed by atoms with Crippen LogP contribution in [0.5, 0.6) is 0 Å². The first kappa shape index (κ1) is 58.4. The molecule has 3 N–H and O–H groups in total. The topological polar surface area (TPSA) is 132 Å². The Bertz CT molecular complexity index is 1080. The van der Waals surface area contributed by atoms with Gasteiger partial charge in [-0.05, 0) is 70.6 Å². The van der Waals surface area contributed by atoms with Crippen LogP contribution in [-0.4, -0.2) is 66.3 Å². The SMILES string of the molecule is CC/C=C\C/C=C\C/C=C\CCCCCCCCCC(=O)OC(COCCCCCCCCCCCC/C=C\CCCCCCCCCC)COP(=O)(O)OCC(O)CO. The van der Waals surface area contributed by atoms with Crippen LogP contribution >= 0.6 is 7.82 Å². The van der Waals surface area contributed by atoms with Crippen molar-refractivity contribution in [3.05, 3.63) is 48.6 Å². The largest absolute Gasteiger partial charge is 0.472 e. The Labute approximate surface area is 368 Å². The van der Waals surface area contributed by atoms with Gasteiger partial charge < -0.3 is 24.6 Å². The lowest BCUT2D eigenvalue weighted by molar-refractivity contribution is -0.154. The molecule has 0 aromatic carbocycles. The highest BCUT2D eigenvalue weighted by molar-refractivity contribution is 7.47. The molecule has 0 saturated heterocycles. The molecule has 3 atom stereocenters. The van der Waals surface area contributed by atoms with Crippen LogP contribution in [0, 0.1) is 0 Å². The number of phosphoric ester groups is 1. The second-order valence-electron chi connectivity index (χ2n) is 16.4. The molecule has 0 radical (unpaired) electrons. The normalized spacial score (nSPS) is 14.3. The summed E-state index contributed by atoms with van der Waals surface area (Å²) in [6.45, 7) is 3.42. The number of carbonyl (C=O) groups is 1. The molecule has 0 aliphatic carbocycles. The minimum atomic E-state index is -4.53. The van der Waals surface area contributed by atoms with Gasteiger partial charge in [-0.3, -0.25) is 13.8 Å². The number of ether oxygens (including phenoxy) is 2. The van der Waals surface area contributed by atoms with E-state index in [1.54, 1.807) is 0 Å². The Morgan fingerprint density at radius 2 is 0.950 bits per heavy atom. The van der Waals surface area contributed by atoms with Crippen molar-refractivity contribution in [1.82, 2.24) is 0 Å². The predicted octanol–water partition coefficient (Wildman–Crippen LogP) is 14.1. The van der Waals surface area contributed by atoms with Crippen molar-refractivity contribution in [2.75, 3.05) is 33.0 Å². The zero-order valence-electron chi connectivity index (χ0n) is 38.7. The maximum atomic E-state index is 12.7. The van der Waals surface area contributed by atoms with Crippen LogP contribution in [0.2, 0.25) is 0 Å². The van der Waals surface area contributed by atoms with Gasteiger partial charge in [-0.25, -0.2) is 4.57 Å². The second-order valence-corrected chi connectivity index (χ2v) is 17.9. The summed E-state index contributed by atoms with van der Waals surface area (Å²) in [5.41, 5.74) is 0. The van der Waals surface area contributed by atoms with Gasteiger partial charge in [0.15, 0.2) is 0 Å². The maximum Gasteiger partial charge on any atom is 0.472 e. The first-order valence-electron chi connectivity index (χ1n) is 24.6. The molecule has 3 unspecified atom stereocenters. The minimum Gasteiger partial charge on any atom is -0.457 e. The van der Waals surface area contributed by atoms with Gasteiger partial charge in [-0.2, -0.15) is 0 Å². The van der Waals surface area contributed by atoms with E-state index in [9.17, 15) is 19.4 Å². The number of unbranched alkanes of at least 4 members (excludes halogenated alkanes) is 25.